The maximum Gasteiger partial charge on any atom is 0.310 e. The van der Waals surface area contributed by atoms with Crippen molar-refractivity contribution in [2.75, 3.05) is 0 Å². The Bertz CT molecular complexity index is 192. The number of ether oxygens (including phenoxy) is 1. The lowest BCUT2D eigenvalue weighted by atomic mass is 10.3. The molecule has 0 fully saturated rings. The van der Waals surface area contributed by atoms with Crippen LogP contribution in [-0.4, -0.2) is 28.8 Å². The molecule has 0 radical (unpaired) electrons. The molecular weight excluding hydrogens is 192 g/mol. The zero-order valence-corrected chi connectivity index (χ0v) is 8.20. The molecule has 0 unspecified atom stereocenters. The monoisotopic (exact) mass is 204 g/mol. The summed E-state index contributed by atoms with van der Waals surface area (Å²) < 4.78 is 3.97. The summed E-state index contributed by atoms with van der Waals surface area (Å²) in [5.41, 5.74) is 0. The van der Waals surface area contributed by atoms with Gasteiger partial charge in [0.1, 0.15) is 12.2 Å². The van der Waals surface area contributed by atoms with Gasteiger partial charge in [0.05, 0.1) is 0 Å². The summed E-state index contributed by atoms with van der Waals surface area (Å²) in [4.78, 5) is 39.1. The van der Waals surface area contributed by atoms with Gasteiger partial charge in [-0.05, 0) is 6.92 Å². The maximum atomic E-state index is 9.87. The van der Waals surface area contributed by atoms with Crippen molar-refractivity contribution in [2.24, 2.45) is 0 Å². The first-order valence-electron chi connectivity index (χ1n) is 3.66. The molecule has 0 aromatic rings. The molecular formula is C8H12O6. The summed E-state index contributed by atoms with van der Waals surface area (Å²) in [7, 11) is 0. The van der Waals surface area contributed by atoms with Crippen LogP contribution in [0.25, 0.3) is 0 Å². The number of hydrogen-bond donors (Lipinski definition) is 1. The van der Waals surface area contributed by atoms with Gasteiger partial charge < -0.3 is 9.84 Å². The summed E-state index contributed by atoms with van der Waals surface area (Å²) in [6.45, 7) is 3.61. The number of hydrogen-bond acceptors (Lipinski definition) is 5. The predicted molar refractivity (Wildman–Crippen MR) is 45.4 cm³/mol. The van der Waals surface area contributed by atoms with Crippen LogP contribution >= 0.6 is 0 Å². The van der Waals surface area contributed by atoms with Crippen molar-refractivity contribution in [1.82, 2.24) is 0 Å². The van der Waals surface area contributed by atoms with Gasteiger partial charge in [0.2, 0.25) is 0 Å². The van der Waals surface area contributed by atoms with E-state index >= 15 is 0 Å². The van der Waals surface area contributed by atoms with Gasteiger partial charge in [-0.2, -0.15) is 0 Å². The van der Waals surface area contributed by atoms with E-state index in [2.05, 4.69) is 4.74 Å². The van der Waals surface area contributed by atoms with Crippen LogP contribution in [0.1, 0.15) is 27.2 Å². The molecule has 80 valence electrons. The molecule has 14 heavy (non-hydrogen) atoms. The van der Waals surface area contributed by atoms with Gasteiger partial charge >= 0.3 is 17.9 Å². The Morgan fingerprint density at radius 1 is 1.00 bits per heavy atom. The third-order valence-corrected chi connectivity index (χ3v) is 0.688. The molecule has 0 atom stereocenters. The zero-order chi connectivity index (χ0) is 11.7. The second-order valence-corrected chi connectivity index (χ2v) is 2.36. The normalized spacial score (nSPS) is 7.93. The van der Waals surface area contributed by atoms with E-state index in [0.29, 0.717) is 0 Å². The molecule has 0 amide bonds. The lowest BCUT2D eigenvalue weighted by Crippen LogP contribution is -2.03. The number of Topliss-reactive ketones (excluding diaryl/α,β-unsaturated/α-hetero) is 1. The molecule has 0 spiro atoms. The Kier molecular flexibility index (Phi) is 8.35. The smallest absolute Gasteiger partial charge is 0.310 e. The molecule has 0 aromatic carbocycles. The van der Waals surface area contributed by atoms with Crippen molar-refractivity contribution in [1.29, 1.82) is 0 Å². The summed E-state index contributed by atoms with van der Waals surface area (Å²) in [5.74, 6) is -2.50. The molecule has 0 aliphatic heterocycles. The van der Waals surface area contributed by atoms with E-state index in [1.54, 1.807) is 0 Å². The third kappa shape index (κ3) is 22.4. The Balaban J connectivity index is 0. The van der Waals surface area contributed by atoms with Gasteiger partial charge in [-0.15, -0.1) is 0 Å². The predicted octanol–water partition coefficient (Wildman–Crippen LogP) is 0.146. The number of aliphatic carboxylic acids is 1. The Hall–Kier alpha value is -1.72. The maximum absolute atomic E-state index is 9.87. The number of rotatable bonds is 2. The SMILES string of the molecule is CC(=O)CC(=O)O.CC(=O)OC(C)=O. The molecule has 0 bridgehead atoms. The Morgan fingerprint density at radius 3 is 1.36 bits per heavy atom. The van der Waals surface area contributed by atoms with Crippen molar-refractivity contribution >= 4 is 23.7 Å². The summed E-state index contributed by atoms with van der Waals surface area (Å²) in [6.07, 6.45) is -0.361. The van der Waals surface area contributed by atoms with Gasteiger partial charge in [-0.1, -0.05) is 0 Å². The average molecular weight is 204 g/mol. The number of carbonyl (C=O) groups is 4. The van der Waals surface area contributed by atoms with E-state index in [1.165, 1.54) is 20.8 Å². The first-order chi connectivity index (χ1) is 6.25. The summed E-state index contributed by atoms with van der Waals surface area (Å²) in [6, 6.07) is 0. The highest BCUT2D eigenvalue weighted by molar-refractivity contribution is 5.93. The number of esters is 2. The minimum Gasteiger partial charge on any atom is -0.481 e. The second kappa shape index (κ2) is 7.90. The van der Waals surface area contributed by atoms with E-state index < -0.39 is 17.9 Å². The molecule has 0 rings (SSSR count). The van der Waals surface area contributed by atoms with E-state index in [4.69, 9.17) is 5.11 Å². The molecule has 6 heteroatoms. The fourth-order valence-electron chi connectivity index (χ4n) is 0.415. The first-order valence-corrected chi connectivity index (χ1v) is 3.66. The topological polar surface area (TPSA) is 97.7 Å². The molecule has 0 aliphatic carbocycles. The van der Waals surface area contributed by atoms with Crippen LogP contribution in [0.15, 0.2) is 0 Å². The number of carboxylic acids is 1. The molecule has 6 nitrogen and oxygen atoms in total. The van der Waals surface area contributed by atoms with Gasteiger partial charge in [-0.25, -0.2) is 0 Å². The van der Waals surface area contributed by atoms with Crippen LogP contribution in [0.5, 0.6) is 0 Å². The van der Waals surface area contributed by atoms with Crippen LogP contribution in [0.4, 0.5) is 0 Å². The largest absolute Gasteiger partial charge is 0.481 e. The van der Waals surface area contributed by atoms with Crippen LogP contribution in [0, 0.1) is 0 Å². The van der Waals surface area contributed by atoms with Crippen molar-refractivity contribution in [3.05, 3.63) is 0 Å². The average Bonchev–Trinajstić information content (AvgIpc) is 1.79. The minimum atomic E-state index is -1.06. The van der Waals surface area contributed by atoms with Crippen LogP contribution in [-0.2, 0) is 23.9 Å². The fourth-order valence-corrected chi connectivity index (χ4v) is 0.415. The van der Waals surface area contributed by atoms with Gasteiger partial charge in [-0.3, -0.25) is 19.2 Å². The number of carboxylic acid groups (broad SMARTS) is 1. The zero-order valence-electron chi connectivity index (χ0n) is 8.20. The van der Waals surface area contributed by atoms with Crippen LogP contribution < -0.4 is 0 Å². The number of ketones is 1. The van der Waals surface area contributed by atoms with Crippen molar-refractivity contribution in [3.63, 3.8) is 0 Å². The molecule has 0 aromatic heterocycles. The van der Waals surface area contributed by atoms with Gasteiger partial charge in [0.15, 0.2) is 0 Å². The third-order valence-electron chi connectivity index (χ3n) is 0.688. The van der Waals surface area contributed by atoms with Gasteiger partial charge in [0, 0.05) is 13.8 Å². The molecule has 0 saturated heterocycles. The van der Waals surface area contributed by atoms with E-state index in [9.17, 15) is 19.2 Å². The Morgan fingerprint density at radius 2 is 1.36 bits per heavy atom. The van der Waals surface area contributed by atoms with Crippen molar-refractivity contribution in [2.45, 2.75) is 27.2 Å². The van der Waals surface area contributed by atoms with E-state index in [1.807, 2.05) is 0 Å². The lowest BCUT2D eigenvalue weighted by Gasteiger charge is -1.87. The second-order valence-electron chi connectivity index (χ2n) is 2.36. The molecule has 0 heterocycles. The summed E-state index contributed by atoms with van der Waals surface area (Å²) >= 11 is 0. The molecule has 0 aliphatic rings. The van der Waals surface area contributed by atoms with Crippen LogP contribution in [0.3, 0.4) is 0 Å². The minimum absolute atomic E-state index is 0.312. The highest BCUT2D eigenvalue weighted by atomic mass is 16.6. The Labute approximate surface area is 80.9 Å². The quantitative estimate of drug-likeness (QED) is 0.507. The lowest BCUT2D eigenvalue weighted by molar-refractivity contribution is -0.156. The van der Waals surface area contributed by atoms with E-state index in [-0.39, 0.29) is 12.2 Å². The highest BCUT2D eigenvalue weighted by Gasteiger charge is 1.98. The fraction of sp³-hybridized carbons (Fsp3) is 0.500. The molecule has 0 saturated carbocycles. The summed E-state index contributed by atoms with van der Waals surface area (Å²) in [5, 5.41) is 7.86. The standard InChI is InChI=1S/2C4H6O3/c1-3(5)7-4(2)6;1-3(5)2-4(6)7/h1-2H3;2H2,1H3,(H,6,7). The van der Waals surface area contributed by atoms with E-state index in [0.717, 1.165) is 0 Å². The highest BCUT2D eigenvalue weighted by Crippen LogP contribution is 1.77. The van der Waals surface area contributed by atoms with Crippen LogP contribution in [0.2, 0.25) is 0 Å². The van der Waals surface area contributed by atoms with Gasteiger partial charge in [0.25, 0.3) is 0 Å². The number of carbonyl (C=O) groups excluding carboxylic acids is 3. The van der Waals surface area contributed by atoms with Crippen molar-refractivity contribution in [3.8, 4) is 0 Å². The van der Waals surface area contributed by atoms with Crippen molar-refractivity contribution < 1.29 is 29.0 Å². The first kappa shape index (κ1) is 14.8. The molecule has 1 N–H and O–H groups in total.